The van der Waals surface area contributed by atoms with Crippen LogP contribution in [0.15, 0.2) is 29.2 Å². The monoisotopic (exact) mass is 312 g/mol. The normalized spacial score (nSPS) is 10.2. The van der Waals surface area contributed by atoms with Crippen LogP contribution in [-0.4, -0.2) is 4.98 Å². The Morgan fingerprint density at radius 3 is 2.37 bits per heavy atom. The van der Waals surface area contributed by atoms with E-state index in [0.717, 1.165) is 0 Å². The average molecular weight is 314 g/mol. The van der Waals surface area contributed by atoms with Gasteiger partial charge in [-0.2, -0.15) is 5.26 Å². The second-order valence-electron chi connectivity index (χ2n) is 3.82. The Bertz CT molecular complexity index is 708. The van der Waals surface area contributed by atoms with Crippen LogP contribution in [-0.2, 0) is 6.42 Å². The molecule has 0 atom stereocenters. The summed E-state index contributed by atoms with van der Waals surface area (Å²) in [6, 6.07) is 6.69. The molecule has 0 saturated carbocycles. The molecule has 0 aliphatic carbocycles. The van der Waals surface area contributed by atoms with Gasteiger partial charge in [0.2, 0.25) is 5.56 Å². The van der Waals surface area contributed by atoms with Gasteiger partial charge in [-0.25, -0.2) is 0 Å². The number of H-pyrrole nitrogens is 1. The SMILES string of the molecule is N#CCc1cc(=O)[nH]cc1-c1cc(Cl)c(Cl)c(Cl)c1. The molecule has 1 aromatic heterocycles. The fourth-order valence-electron chi connectivity index (χ4n) is 1.72. The zero-order valence-electron chi connectivity index (χ0n) is 9.51. The number of hydrogen-bond acceptors (Lipinski definition) is 2. The number of nitrogens with zero attached hydrogens (tertiary/aromatic N) is 1. The highest BCUT2D eigenvalue weighted by Crippen LogP contribution is 2.35. The maximum atomic E-state index is 11.3. The van der Waals surface area contributed by atoms with Gasteiger partial charge in [0.1, 0.15) is 0 Å². The molecule has 1 heterocycles. The zero-order chi connectivity index (χ0) is 14.0. The summed E-state index contributed by atoms with van der Waals surface area (Å²) in [5.41, 5.74) is 1.74. The van der Waals surface area contributed by atoms with Crippen LogP contribution in [0.1, 0.15) is 5.56 Å². The number of nitriles is 1. The summed E-state index contributed by atoms with van der Waals surface area (Å²) in [5.74, 6) is 0. The van der Waals surface area contributed by atoms with Gasteiger partial charge in [-0.1, -0.05) is 34.8 Å². The van der Waals surface area contributed by atoms with Crippen LogP contribution in [0.5, 0.6) is 0 Å². The molecule has 1 N–H and O–H groups in total. The fraction of sp³-hybridized carbons (Fsp3) is 0.0769. The molecule has 6 heteroatoms. The minimum atomic E-state index is -0.264. The second-order valence-corrected chi connectivity index (χ2v) is 5.02. The fourth-order valence-corrected chi connectivity index (χ4v) is 2.32. The third-order valence-corrected chi connectivity index (χ3v) is 3.77. The van der Waals surface area contributed by atoms with Crippen LogP contribution in [0.2, 0.25) is 15.1 Å². The van der Waals surface area contributed by atoms with Crippen LogP contribution >= 0.6 is 34.8 Å². The number of hydrogen-bond donors (Lipinski definition) is 1. The molecular formula is C13H7Cl3N2O. The maximum Gasteiger partial charge on any atom is 0.248 e. The Kier molecular flexibility index (Phi) is 4.16. The molecule has 0 aliphatic rings. The van der Waals surface area contributed by atoms with Crippen LogP contribution in [0.3, 0.4) is 0 Å². The summed E-state index contributed by atoms with van der Waals surface area (Å²) in [6.45, 7) is 0. The lowest BCUT2D eigenvalue weighted by Crippen LogP contribution is -2.06. The van der Waals surface area contributed by atoms with Gasteiger partial charge in [-0.3, -0.25) is 4.79 Å². The quantitative estimate of drug-likeness (QED) is 0.850. The van der Waals surface area contributed by atoms with Crippen molar-refractivity contribution in [2.75, 3.05) is 0 Å². The first-order valence-electron chi connectivity index (χ1n) is 5.26. The molecule has 0 unspecified atom stereocenters. The van der Waals surface area contributed by atoms with Gasteiger partial charge in [0.05, 0.1) is 27.6 Å². The van der Waals surface area contributed by atoms with Crippen molar-refractivity contribution in [1.82, 2.24) is 4.98 Å². The van der Waals surface area contributed by atoms with E-state index >= 15 is 0 Å². The third-order valence-electron chi connectivity index (χ3n) is 2.57. The van der Waals surface area contributed by atoms with Crippen molar-refractivity contribution in [2.45, 2.75) is 6.42 Å². The van der Waals surface area contributed by atoms with E-state index in [0.29, 0.717) is 26.7 Å². The molecule has 0 radical (unpaired) electrons. The van der Waals surface area contributed by atoms with Crippen LogP contribution in [0, 0.1) is 11.3 Å². The van der Waals surface area contributed by atoms with Crippen LogP contribution in [0.25, 0.3) is 11.1 Å². The van der Waals surface area contributed by atoms with Crippen molar-refractivity contribution in [2.24, 2.45) is 0 Å². The predicted octanol–water partition coefficient (Wildman–Crippen LogP) is 4.07. The lowest BCUT2D eigenvalue weighted by molar-refractivity contribution is 1.17. The summed E-state index contributed by atoms with van der Waals surface area (Å²) in [6.07, 6.45) is 1.65. The van der Waals surface area contributed by atoms with E-state index < -0.39 is 0 Å². The highest BCUT2D eigenvalue weighted by atomic mass is 35.5. The van der Waals surface area contributed by atoms with E-state index in [9.17, 15) is 4.79 Å². The summed E-state index contributed by atoms with van der Waals surface area (Å²) < 4.78 is 0. The Balaban J connectivity index is 2.65. The minimum absolute atomic E-state index is 0.122. The van der Waals surface area contributed by atoms with Gasteiger partial charge in [-0.05, 0) is 23.3 Å². The van der Waals surface area contributed by atoms with Gasteiger partial charge in [0, 0.05) is 17.8 Å². The van der Waals surface area contributed by atoms with Gasteiger partial charge in [0.15, 0.2) is 0 Å². The molecule has 0 amide bonds. The Labute approximate surface area is 124 Å². The van der Waals surface area contributed by atoms with E-state index in [1.54, 1.807) is 12.1 Å². The number of nitrogens with one attached hydrogen (secondary N) is 1. The highest BCUT2D eigenvalue weighted by molar-refractivity contribution is 6.48. The molecule has 96 valence electrons. The largest absolute Gasteiger partial charge is 0.328 e. The molecule has 0 aliphatic heterocycles. The van der Waals surface area contributed by atoms with Crippen molar-refractivity contribution < 1.29 is 0 Å². The van der Waals surface area contributed by atoms with Crippen molar-refractivity contribution in [1.29, 1.82) is 5.26 Å². The molecule has 0 spiro atoms. The van der Waals surface area contributed by atoms with E-state index in [4.69, 9.17) is 40.1 Å². The number of rotatable bonds is 2. The van der Waals surface area contributed by atoms with E-state index in [1.165, 1.54) is 12.3 Å². The van der Waals surface area contributed by atoms with Crippen molar-refractivity contribution in [3.8, 4) is 17.2 Å². The Morgan fingerprint density at radius 1 is 1.16 bits per heavy atom. The molecule has 3 nitrogen and oxygen atoms in total. The highest BCUT2D eigenvalue weighted by Gasteiger charge is 2.11. The second kappa shape index (κ2) is 5.66. The number of pyridine rings is 1. The lowest BCUT2D eigenvalue weighted by Gasteiger charge is -2.09. The first-order valence-corrected chi connectivity index (χ1v) is 6.40. The number of halogens is 3. The van der Waals surface area contributed by atoms with Gasteiger partial charge >= 0.3 is 0 Å². The van der Waals surface area contributed by atoms with Gasteiger partial charge in [0.25, 0.3) is 0 Å². The molecule has 0 bridgehead atoms. The van der Waals surface area contributed by atoms with E-state index in [1.807, 2.05) is 6.07 Å². The zero-order valence-corrected chi connectivity index (χ0v) is 11.8. The standard InChI is InChI=1S/C13H7Cl3N2O/c14-10-3-8(4-11(15)13(10)16)9-6-18-12(19)5-7(9)1-2-17/h3-6H,1H2,(H,18,19). The van der Waals surface area contributed by atoms with Crippen LogP contribution in [0.4, 0.5) is 0 Å². The average Bonchev–Trinajstić information content (AvgIpc) is 2.36. The summed E-state index contributed by atoms with van der Waals surface area (Å²) >= 11 is 17.8. The Morgan fingerprint density at radius 2 is 1.79 bits per heavy atom. The van der Waals surface area contributed by atoms with E-state index in [-0.39, 0.29) is 17.0 Å². The first kappa shape index (κ1) is 14.0. The van der Waals surface area contributed by atoms with Crippen molar-refractivity contribution >= 4 is 34.8 Å². The lowest BCUT2D eigenvalue weighted by atomic mass is 10.0. The molecule has 2 rings (SSSR count). The van der Waals surface area contributed by atoms with Crippen molar-refractivity contribution in [3.05, 3.63) is 55.4 Å². The maximum absolute atomic E-state index is 11.3. The van der Waals surface area contributed by atoms with Crippen molar-refractivity contribution in [3.63, 3.8) is 0 Å². The summed E-state index contributed by atoms with van der Waals surface area (Å²) in [7, 11) is 0. The number of benzene rings is 1. The molecule has 2 aromatic rings. The number of aromatic nitrogens is 1. The molecule has 19 heavy (non-hydrogen) atoms. The topological polar surface area (TPSA) is 56.6 Å². The Hall–Kier alpha value is -1.47. The predicted molar refractivity (Wildman–Crippen MR) is 76.8 cm³/mol. The van der Waals surface area contributed by atoms with Crippen LogP contribution < -0.4 is 5.56 Å². The van der Waals surface area contributed by atoms with Gasteiger partial charge in [-0.15, -0.1) is 0 Å². The molecular weight excluding hydrogens is 307 g/mol. The summed E-state index contributed by atoms with van der Waals surface area (Å²) in [5, 5.41) is 9.71. The minimum Gasteiger partial charge on any atom is -0.328 e. The smallest absolute Gasteiger partial charge is 0.248 e. The summed E-state index contributed by atoms with van der Waals surface area (Å²) in [4.78, 5) is 13.9. The third kappa shape index (κ3) is 2.93. The molecule has 0 saturated heterocycles. The molecule has 0 fully saturated rings. The van der Waals surface area contributed by atoms with Gasteiger partial charge < -0.3 is 4.98 Å². The molecule has 1 aromatic carbocycles. The first-order chi connectivity index (χ1) is 9.02. The number of aromatic amines is 1. The van der Waals surface area contributed by atoms with E-state index in [2.05, 4.69) is 4.98 Å².